The number of phenols is 1. The van der Waals surface area contributed by atoms with E-state index in [2.05, 4.69) is 27.7 Å². The molecule has 0 saturated carbocycles. The Morgan fingerprint density at radius 3 is 2.43 bits per heavy atom. The first-order chi connectivity index (χ1) is 6.47. The minimum Gasteiger partial charge on any atom is -0.508 e. The van der Waals surface area contributed by atoms with Crippen molar-refractivity contribution >= 4 is 0 Å². The minimum atomic E-state index is 0.215. The second kappa shape index (κ2) is 4.04. The zero-order valence-electron chi connectivity index (χ0n) is 9.59. The summed E-state index contributed by atoms with van der Waals surface area (Å²) in [6, 6.07) is 5.66. The van der Waals surface area contributed by atoms with Gasteiger partial charge in [0.1, 0.15) is 5.75 Å². The number of rotatable bonds is 3. The minimum absolute atomic E-state index is 0.215. The van der Waals surface area contributed by atoms with Crippen molar-refractivity contribution in [1.82, 2.24) is 0 Å². The molecule has 0 saturated heterocycles. The highest BCUT2D eigenvalue weighted by atomic mass is 16.3. The number of aryl methyl sites for hydroxylation is 1. The molecule has 0 unspecified atom stereocenters. The molecule has 1 aromatic rings. The zero-order valence-corrected chi connectivity index (χ0v) is 9.59. The highest BCUT2D eigenvalue weighted by Gasteiger charge is 2.21. The van der Waals surface area contributed by atoms with Gasteiger partial charge in [0.05, 0.1) is 0 Å². The largest absolute Gasteiger partial charge is 0.508 e. The van der Waals surface area contributed by atoms with E-state index in [1.807, 2.05) is 12.1 Å². The number of hydrogen-bond donors (Lipinski definition) is 1. The highest BCUT2D eigenvalue weighted by molar-refractivity contribution is 5.38. The topological polar surface area (TPSA) is 20.2 Å². The maximum atomic E-state index is 9.33. The van der Waals surface area contributed by atoms with E-state index >= 15 is 0 Å². The lowest BCUT2D eigenvalue weighted by Gasteiger charge is -2.26. The maximum Gasteiger partial charge on any atom is 0.115 e. The number of benzene rings is 1. The van der Waals surface area contributed by atoms with Gasteiger partial charge in [0, 0.05) is 0 Å². The van der Waals surface area contributed by atoms with Crippen molar-refractivity contribution in [2.24, 2.45) is 0 Å². The monoisotopic (exact) mass is 192 g/mol. The van der Waals surface area contributed by atoms with Gasteiger partial charge in [-0.25, -0.2) is 0 Å². The van der Waals surface area contributed by atoms with Crippen molar-refractivity contribution in [2.45, 2.75) is 46.0 Å². The van der Waals surface area contributed by atoms with Crippen molar-refractivity contribution in [3.05, 3.63) is 29.3 Å². The number of aromatic hydroxyl groups is 1. The molecule has 0 amide bonds. The van der Waals surface area contributed by atoms with Crippen LogP contribution in [-0.2, 0) is 5.41 Å². The van der Waals surface area contributed by atoms with Gasteiger partial charge >= 0.3 is 0 Å². The second-order valence-electron chi connectivity index (χ2n) is 4.63. The summed E-state index contributed by atoms with van der Waals surface area (Å²) in [4.78, 5) is 0. The summed E-state index contributed by atoms with van der Waals surface area (Å²) in [5.41, 5.74) is 2.74. The molecule has 0 fully saturated rings. The second-order valence-corrected chi connectivity index (χ2v) is 4.63. The van der Waals surface area contributed by atoms with Crippen LogP contribution in [0.25, 0.3) is 0 Å². The van der Waals surface area contributed by atoms with Gasteiger partial charge in [0.15, 0.2) is 0 Å². The predicted molar refractivity (Wildman–Crippen MR) is 60.8 cm³/mol. The summed E-state index contributed by atoms with van der Waals surface area (Å²) in [7, 11) is 0. The number of phenolic OH excluding ortho intramolecular Hbond substituents is 1. The smallest absolute Gasteiger partial charge is 0.115 e. The van der Waals surface area contributed by atoms with E-state index < -0.39 is 0 Å². The van der Waals surface area contributed by atoms with E-state index in [4.69, 9.17) is 0 Å². The molecule has 0 aliphatic carbocycles. The summed E-state index contributed by atoms with van der Waals surface area (Å²) in [5.74, 6) is 0.360. The third-order valence-electron chi connectivity index (χ3n) is 2.81. The van der Waals surface area contributed by atoms with Gasteiger partial charge < -0.3 is 5.11 Å². The van der Waals surface area contributed by atoms with E-state index in [1.165, 1.54) is 24.0 Å². The fourth-order valence-corrected chi connectivity index (χ4v) is 2.17. The van der Waals surface area contributed by atoms with Crippen molar-refractivity contribution in [3.8, 4) is 5.75 Å². The van der Waals surface area contributed by atoms with E-state index in [-0.39, 0.29) is 5.41 Å². The molecule has 1 heteroatoms. The average molecular weight is 192 g/mol. The summed E-state index contributed by atoms with van der Waals surface area (Å²) in [5, 5.41) is 9.33. The fourth-order valence-electron chi connectivity index (χ4n) is 2.17. The Hall–Kier alpha value is -0.980. The summed E-state index contributed by atoms with van der Waals surface area (Å²) >= 11 is 0. The molecule has 1 rings (SSSR count). The van der Waals surface area contributed by atoms with E-state index in [0.717, 1.165) is 0 Å². The molecule has 0 aliphatic rings. The van der Waals surface area contributed by atoms with Crippen molar-refractivity contribution < 1.29 is 5.11 Å². The van der Waals surface area contributed by atoms with Gasteiger partial charge in [0.25, 0.3) is 0 Å². The molecule has 0 aliphatic heterocycles. The quantitative estimate of drug-likeness (QED) is 0.772. The van der Waals surface area contributed by atoms with Crippen LogP contribution >= 0.6 is 0 Å². The SMILES string of the molecule is CCCC(C)(C)c1ccc(O)cc1C. The highest BCUT2D eigenvalue weighted by Crippen LogP contribution is 2.32. The van der Waals surface area contributed by atoms with Gasteiger partial charge in [-0.05, 0) is 42.0 Å². The molecular weight excluding hydrogens is 172 g/mol. The standard InChI is InChI=1S/C13H20O/c1-5-8-13(3,4)12-7-6-11(14)9-10(12)2/h6-7,9,14H,5,8H2,1-4H3. The molecule has 0 aromatic heterocycles. The van der Waals surface area contributed by atoms with Gasteiger partial charge in [-0.15, -0.1) is 0 Å². The van der Waals surface area contributed by atoms with E-state index in [9.17, 15) is 5.11 Å². The van der Waals surface area contributed by atoms with Gasteiger partial charge in [-0.1, -0.05) is 33.3 Å². The molecule has 1 N–H and O–H groups in total. The summed E-state index contributed by atoms with van der Waals surface area (Å²) in [6.07, 6.45) is 2.37. The fraction of sp³-hybridized carbons (Fsp3) is 0.538. The Labute approximate surface area is 86.8 Å². The van der Waals surface area contributed by atoms with Gasteiger partial charge in [-0.3, -0.25) is 0 Å². The molecular formula is C13H20O. The van der Waals surface area contributed by atoms with E-state index in [1.54, 1.807) is 6.07 Å². The van der Waals surface area contributed by atoms with Crippen LogP contribution in [0.1, 0.15) is 44.7 Å². The first kappa shape index (κ1) is 11.1. The van der Waals surface area contributed by atoms with Crippen LogP contribution in [0.3, 0.4) is 0 Å². The summed E-state index contributed by atoms with van der Waals surface area (Å²) < 4.78 is 0. The van der Waals surface area contributed by atoms with Crippen molar-refractivity contribution in [3.63, 3.8) is 0 Å². The molecule has 0 heterocycles. The van der Waals surface area contributed by atoms with Crippen molar-refractivity contribution in [2.75, 3.05) is 0 Å². The first-order valence-corrected chi connectivity index (χ1v) is 5.27. The average Bonchev–Trinajstić information content (AvgIpc) is 2.02. The lowest BCUT2D eigenvalue weighted by molar-refractivity contribution is 0.460. The van der Waals surface area contributed by atoms with Crippen molar-refractivity contribution in [1.29, 1.82) is 0 Å². The molecule has 0 radical (unpaired) electrons. The zero-order chi connectivity index (χ0) is 10.8. The van der Waals surface area contributed by atoms with Gasteiger partial charge in [0.2, 0.25) is 0 Å². The normalized spacial score (nSPS) is 11.7. The van der Waals surface area contributed by atoms with Crippen LogP contribution in [0.2, 0.25) is 0 Å². The Bertz CT molecular complexity index is 313. The molecule has 1 nitrogen and oxygen atoms in total. The Morgan fingerprint density at radius 2 is 1.93 bits per heavy atom. The molecule has 0 bridgehead atoms. The van der Waals surface area contributed by atoms with Crippen LogP contribution < -0.4 is 0 Å². The van der Waals surface area contributed by atoms with Crippen LogP contribution in [0.15, 0.2) is 18.2 Å². The predicted octanol–water partition coefficient (Wildman–Crippen LogP) is 3.78. The lowest BCUT2D eigenvalue weighted by Crippen LogP contribution is -2.17. The Kier molecular flexibility index (Phi) is 3.20. The molecule has 1 aromatic carbocycles. The van der Waals surface area contributed by atoms with Crippen LogP contribution in [-0.4, -0.2) is 5.11 Å². The third kappa shape index (κ3) is 2.28. The molecule has 0 atom stereocenters. The molecule has 78 valence electrons. The molecule has 0 spiro atoms. The van der Waals surface area contributed by atoms with Gasteiger partial charge in [-0.2, -0.15) is 0 Å². The van der Waals surface area contributed by atoms with Crippen LogP contribution in [0, 0.1) is 6.92 Å². The lowest BCUT2D eigenvalue weighted by atomic mass is 9.78. The van der Waals surface area contributed by atoms with Crippen LogP contribution in [0.4, 0.5) is 0 Å². The Morgan fingerprint density at radius 1 is 1.29 bits per heavy atom. The third-order valence-corrected chi connectivity index (χ3v) is 2.81. The van der Waals surface area contributed by atoms with Crippen LogP contribution in [0.5, 0.6) is 5.75 Å². The van der Waals surface area contributed by atoms with E-state index in [0.29, 0.717) is 5.75 Å². The number of hydrogen-bond acceptors (Lipinski definition) is 1. The molecule has 14 heavy (non-hydrogen) atoms. The first-order valence-electron chi connectivity index (χ1n) is 5.27. The maximum absolute atomic E-state index is 9.33. The Balaban J connectivity index is 3.06. The summed E-state index contributed by atoms with van der Waals surface area (Å²) in [6.45, 7) is 8.79.